The number of ketones is 1. The van der Waals surface area contributed by atoms with Crippen molar-refractivity contribution in [3.8, 4) is 28.4 Å². The molecule has 0 amide bonds. The lowest BCUT2D eigenvalue weighted by molar-refractivity contribution is -0.138. The molecule has 0 aliphatic heterocycles. The van der Waals surface area contributed by atoms with Crippen molar-refractivity contribution in [1.29, 1.82) is 0 Å². The van der Waals surface area contributed by atoms with Crippen LogP contribution in [-0.4, -0.2) is 34.1 Å². The number of rotatable bonds is 8. The third kappa shape index (κ3) is 6.09. The number of hydrogen-bond donors (Lipinski definition) is 0. The topological polar surface area (TPSA) is 105 Å². The molecule has 0 bridgehead atoms. The lowest BCUT2D eigenvalue weighted by atomic mass is 10.0. The second-order valence-corrected chi connectivity index (χ2v) is 11.2. The van der Waals surface area contributed by atoms with Crippen molar-refractivity contribution in [2.45, 2.75) is 32.5 Å². The van der Waals surface area contributed by atoms with Gasteiger partial charge >= 0.3 is 11.9 Å². The van der Waals surface area contributed by atoms with Crippen LogP contribution in [0.3, 0.4) is 0 Å². The van der Waals surface area contributed by atoms with Gasteiger partial charge in [-0.3, -0.25) is 14.2 Å². The molecule has 240 valence electrons. The van der Waals surface area contributed by atoms with Gasteiger partial charge in [0, 0.05) is 43.7 Å². The molecule has 10 nitrogen and oxygen atoms in total. The van der Waals surface area contributed by atoms with Crippen molar-refractivity contribution in [1.82, 2.24) is 28.3 Å². The first-order chi connectivity index (χ1) is 22.3. The molecular formula is C33H26F4N6O4. The summed E-state index contributed by atoms with van der Waals surface area (Å²) in [7, 11) is 1.78. The highest BCUT2D eigenvalue weighted by Crippen LogP contribution is 2.40. The Kier molecular flexibility index (Phi) is 7.87. The number of carbonyl (C=O) groups excluding carboxylic acids is 1. The zero-order valence-electron chi connectivity index (χ0n) is 25.2. The molecule has 0 aliphatic carbocycles. The molecule has 2 aromatic carbocycles. The number of pyridine rings is 1. The first-order valence-corrected chi connectivity index (χ1v) is 14.3. The number of aromatic nitrogens is 6. The van der Waals surface area contributed by atoms with E-state index < -0.39 is 58.4 Å². The van der Waals surface area contributed by atoms with Gasteiger partial charge < -0.3 is 9.30 Å². The minimum Gasteiger partial charge on any atom is -0.454 e. The van der Waals surface area contributed by atoms with Crippen LogP contribution in [0.5, 0.6) is 11.5 Å². The molecule has 0 radical (unpaired) electrons. The van der Waals surface area contributed by atoms with Gasteiger partial charge in [0.1, 0.15) is 22.6 Å². The molecule has 0 unspecified atom stereocenters. The maximum absolute atomic E-state index is 14.4. The highest BCUT2D eigenvalue weighted by Gasteiger charge is 2.35. The average Bonchev–Trinajstić information content (AvgIpc) is 3.67. The van der Waals surface area contributed by atoms with Crippen molar-refractivity contribution in [2.24, 2.45) is 7.05 Å². The third-order valence-corrected chi connectivity index (χ3v) is 7.46. The normalized spacial score (nSPS) is 11.8. The molecule has 0 saturated carbocycles. The van der Waals surface area contributed by atoms with Gasteiger partial charge in [-0.1, -0.05) is 6.07 Å². The number of benzene rings is 2. The van der Waals surface area contributed by atoms with E-state index in [-0.39, 0.29) is 17.0 Å². The molecule has 0 spiro atoms. The molecule has 0 fully saturated rings. The summed E-state index contributed by atoms with van der Waals surface area (Å²) in [5.74, 6) is -1.83. The molecule has 0 saturated heterocycles. The fraction of sp³-hybridized carbons (Fsp3) is 0.182. The summed E-state index contributed by atoms with van der Waals surface area (Å²) in [5.41, 5.74) is -1.76. The standard InChI is InChI=1S/C33H26F4N6O4/c1-19(2)41-16-24(31(45)43(32(41)46)23-7-5-22(34)6-8-23)28(44)13-20-4-9-29(25(12-20)33(35,36)37)47-30-14-21(26-17-40(3)18-38-26)15-42-27(30)10-11-39-42/h4-12,14-19H,13H2,1-3H3. The minimum atomic E-state index is -4.87. The Hall–Kier alpha value is -5.79. The lowest BCUT2D eigenvalue weighted by Crippen LogP contribution is -2.42. The molecule has 4 heterocycles. The molecule has 0 N–H and O–H groups in total. The molecular weight excluding hydrogens is 620 g/mol. The summed E-state index contributed by atoms with van der Waals surface area (Å²) >= 11 is 0. The number of fused-ring (bicyclic) bond motifs is 1. The van der Waals surface area contributed by atoms with Crippen molar-refractivity contribution in [2.75, 3.05) is 0 Å². The van der Waals surface area contributed by atoms with Gasteiger partial charge in [0.15, 0.2) is 11.5 Å². The van der Waals surface area contributed by atoms with Crippen LogP contribution in [0.2, 0.25) is 0 Å². The predicted octanol–water partition coefficient (Wildman–Crippen LogP) is 6.00. The summed E-state index contributed by atoms with van der Waals surface area (Å²) in [6, 6.07) is 10.4. The maximum atomic E-state index is 14.4. The van der Waals surface area contributed by atoms with E-state index in [1.54, 1.807) is 56.3 Å². The summed E-state index contributed by atoms with van der Waals surface area (Å²) in [6.45, 7) is 3.32. The van der Waals surface area contributed by atoms with Gasteiger partial charge in [-0.05, 0) is 67.9 Å². The number of carbonyl (C=O) groups is 1. The van der Waals surface area contributed by atoms with Crippen LogP contribution in [0.25, 0.3) is 22.5 Å². The van der Waals surface area contributed by atoms with Gasteiger partial charge in [0.25, 0.3) is 5.56 Å². The van der Waals surface area contributed by atoms with Crippen molar-refractivity contribution < 1.29 is 27.1 Å². The third-order valence-electron chi connectivity index (χ3n) is 7.46. The van der Waals surface area contributed by atoms with E-state index in [4.69, 9.17) is 4.74 Å². The molecule has 47 heavy (non-hydrogen) atoms. The van der Waals surface area contributed by atoms with Gasteiger partial charge in [0.2, 0.25) is 0 Å². The fourth-order valence-electron chi connectivity index (χ4n) is 5.13. The van der Waals surface area contributed by atoms with E-state index >= 15 is 0 Å². The highest BCUT2D eigenvalue weighted by molar-refractivity contribution is 5.97. The Bertz CT molecular complexity index is 2260. The molecule has 0 atom stereocenters. The molecule has 0 aliphatic rings. The minimum absolute atomic E-state index is 0.0331. The van der Waals surface area contributed by atoms with Crippen molar-refractivity contribution in [3.63, 3.8) is 0 Å². The Balaban J connectivity index is 1.37. The highest BCUT2D eigenvalue weighted by atomic mass is 19.4. The number of halogens is 4. The molecule has 6 aromatic rings. The quantitative estimate of drug-likeness (QED) is 0.148. The van der Waals surface area contributed by atoms with Gasteiger partial charge in [-0.25, -0.2) is 23.3 Å². The number of imidazole rings is 1. The van der Waals surface area contributed by atoms with Crippen LogP contribution in [0.4, 0.5) is 17.6 Å². The number of ether oxygens (including phenoxy) is 1. The van der Waals surface area contributed by atoms with Crippen LogP contribution in [0.1, 0.15) is 41.4 Å². The van der Waals surface area contributed by atoms with Gasteiger partial charge in [-0.15, -0.1) is 0 Å². The van der Waals surface area contributed by atoms with E-state index in [1.165, 1.54) is 28.9 Å². The summed E-state index contributed by atoms with van der Waals surface area (Å²) < 4.78 is 67.7. The fourth-order valence-corrected chi connectivity index (χ4v) is 5.13. The second kappa shape index (κ2) is 11.9. The van der Waals surface area contributed by atoms with Crippen LogP contribution < -0.4 is 16.0 Å². The van der Waals surface area contributed by atoms with E-state index in [2.05, 4.69) is 10.1 Å². The summed E-state index contributed by atoms with van der Waals surface area (Å²) in [5, 5.41) is 4.20. The number of aryl methyl sites for hydroxylation is 1. The predicted molar refractivity (Wildman–Crippen MR) is 164 cm³/mol. The van der Waals surface area contributed by atoms with E-state index in [9.17, 15) is 31.9 Å². The number of Topliss-reactive ketones (excluding diaryl/α,β-unsaturated/α-hetero) is 1. The zero-order valence-corrected chi connectivity index (χ0v) is 25.2. The first-order valence-electron chi connectivity index (χ1n) is 14.3. The second-order valence-electron chi connectivity index (χ2n) is 11.2. The number of hydrogen-bond acceptors (Lipinski definition) is 6. The average molecular weight is 647 g/mol. The molecule has 14 heteroatoms. The van der Waals surface area contributed by atoms with Gasteiger partial charge in [-0.2, -0.15) is 18.3 Å². The zero-order chi connectivity index (χ0) is 33.6. The lowest BCUT2D eigenvalue weighted by Gasteiger charge is -2.17. The number of nitrogens with zero attached hydrogens (tertiary/aromatic N) is 6. The number of alkyl halides is 3. The Morgan fingerprint density at radius 2 is 1.70 bits per heavy atom. The summed E-state index contributed by atoms with van der Waals surface area (Å²) in [6.07, 6.45) is 2.13. The van der Waals surface area contributed by atoms with Gasteiger partial charge in [0.05, 0.1) is 29.5 Å². The maximum Gasteiger partial charge on any atom is 0.419 e. The van der Waals surface area contributed by atoms with Crippen LogP contribution >= 0.6 is 0 Å². The molecule has 6 rings (SSSR count). The SMILES string of the molecule is CC(C)n1cc(C(=O)Cc2ccc(Oc3cc(-c4cn(C)cn4)cn4nccc34)c(C(F)(F)F)c2)c(=O)n(-c2ccc(F)cc2)c1=O. The Morgan fingerprint density at radius 1 is 0.957 bits per heavy atom. The van der Waals surface area contributed by atoms with Crippen LogP contribution in [0.15, 0.2) is 95.3 Å². The van der Waals surface area contributed by atoms with E-state index in [0.717, 1.165) is 39.6 Å². The van der Waals surface area contributed by atoms with Crippen molar-refractivity contribution in [3.05, 3.63) is 129 Å². The van der Waals surface area contributed by atoms with E-state index in [1.807, 2.05) is 0 Å². The first kappa shape index (κ1) is 31.2. The van der Waals surface area contributed by atoms with Crippen LogP contribution in [-0.2, 0) is 19.6 Å². The van der Waals surface area contributed by atoms with Crippen molar-refractivity contribution >= 4 is 11.3 Å². The monoisotopic (exact) mass is 646 g/mol. The Labute approximate surface area is 263 Å². The largest absolute Gasteiger partial charge is 0.454 e. The Morgan fingerprint density at radius 3 is 2.36 bits per heavy atom. The van der Waals surface area contributed by atoms with E-state index in [0.29, 0.717) is 16.8 Å². The molecule has 4 aromatic heterocycles. The summed E-state index contributed by atoms with van der Waals surface area (Å²) in [4.78, 5) is 44.3. The van der Waals surface area contributed by atoms with Crippen LogP contribution in [0, 0.1) is 5.82 Å². The smallest absolute Gasteiger partial charge is 0.419 e.